The van der Waals surface area contributed by atoms with Gasteiger partial charge in [0.15, 0.2) is 8.68 Å². The van der Waals surface area contributed by atoms with Crippen LogP contribution in [0.25, 0.3) is 42.2 Å². The van der Waals surface area contributed by atoms with Crippen molar-refractivity contribution in [2.24, 2.45) is 0 Å². The van der Waals surface area contributed by atoms with Crippen molar-refractivity contribution in [3.8, 4) is 17.2 Å². The van der Waals surface area contributed by atoms with E-state index in [4.69, 9.17) is 16.3 Å². The Hall–Kier alpha value is -3.93. The van der Waals surface area contributed by atoms with E-state index in [0.717, 1.165) is 67.4 Å². The fraction of sp³-hybridized carbons (Fsp3) is 0.0588. The van der Waals surface area contributed by atoms with Crippen molar-refractivity contribution >= 4 is 100 Å². The highest BCUT2D eigenvalue weighted by atomic mass is 35.5. The number of thioether (sulfide) groups is 2. The number of fused-ring (bicyclic) bond motifs is 4. The fourth-order valence-corrected chi connectivity index (χ4v) is 7.62. The monoisotopic (exact) mass is 684 g/mol. The molecule has 11 heteroatoms. The summed E-state index contributed by atoms with van der Waals surface area (Å²) >= 11 is 12.5. The Balaban J connectivity index is 0.000000131. The van der Waals surface area contributed by atoms with E-state index in [1.807, 2.05) is 91.4 Å². The Kier molecular flexibility index (Phi) is 9.97. The lowest BCUT2D eigenvalue weighted by atomic mass is 10.2. The van der Waals surface area contributed by atoms with Crippen LogP contribution >= 0.6 is 57.8 Å². The molecule has 0 amide bonds. The molecule has 4 heterocycles. The Bertz CT molecular complexity index is 2230. The number of aromatic nitrogens is 4. The number of nitrogens with zero attached hydrogens (tertiary/aromatic N) is 4. The average molecular weight is 685 g/mol. The van der Waals surface area contributed by atoms with Gasteiger partial charge in [-0.3, -0.25) is 9.97 Å². The lowest BCUT2D eigenvalue weighted by molar-refractivity contribution is 0.476. The SMILES string of the molecule is CSc1nc2ccc(O)cc2s1.CSc1nc2ccc(Oc3ccnc4ccccc34)cc2s1.Clc1ccnc2ccccc12. The van der Waals surface area contributed by atoms with Crippen molar-refractivity contribution in [3.63, 3.8) is 0 Å². The summed E-state index contributed by atoms with van der Waals surface area (Å²) in [6, 6.07) is 30.7. The van der Waals surface area contributed by atoms with Gasteiger partial charge >= 0.3 is 0 Å². The van der Waals surface area contributed by atoms with E-state index in [-0.39, 0.29) is 0 Å². The van der Waals surface area contributed by atoms with E-state index in [0.29, 0.717) is 5.75 Å². The molecule has 0 saturated carbocycles. The summed E-state index contributed by atoms with van der Waals surface area (Å²) in [5.41, 5.74) is 3.85. The minimum Gasteiger partial charge on any atom is -0.508 e. The summed E-state index contributed by atoms with van der Waals surface area (Å²) in [5, 5.41) is 12.0. The van der Waals surface area contributed by atoms with Gasteiger partial charge < -0.3 is 9.84 Å². The molecule has 4 aromatic carbocycles. The number of ether oxygens (including phenoxy) is 1. The van der Waals surface area contributed by atoms with Crippen LogP contribution in [-0.4, -0.2) is 37.6 Å². The molecule has 6 nitrogen and oxygen atoms in total. The number of rotatable bonds is 4. The summed E-state index contributed by atoms with van der Waals surface area (Å²) in [6.45, 7) is 0. The Morgan fingerprint density at radius 3 is 1.89 bits per heavy atom. The van der Waals surface area contributed by atoms with Crippen LogP contribution in [0.5, 0.6) is 17.2 Å². The zero-order valence-electron chi connectivity index (χ0n) is 24.0. The fourth-order valence-electron chi connectivity index (χ4n) is 4.36. The summed E-state index contributed by atoms with van der Waals surface area (Å²) in [6.07, 6.45) is 7.52. The molecule has 0 aliphatic carbocycles. The molecule has 0 spiro atoms. The van der Waals surface area contributed by atoms with Gasteiger partial charge in [-0.25, -0.2) is 9.97 Å². The molecule has 0 unspecified atom stereocenters. The standard InChI is InChI=1S/C17H12N2OS2.C9H6ClN.C8H7NOS2/c1-21-17-19-14-7-6-11(10-16(14)22-17)20-15-8-9-18-13-5-3-2-4-12(13)15;10-8-5-6-11-9-4-2-1-3-7(8)9;1-11-8-9-6-3-2-5(10)4-7(6)12-8/h2-10H,1H3;1-6H;2-4,10H,1H3. The summed E-state index contributed by atoms with van der Waals surface area (Å²) in [4.78, 5) is 17.4. The molecule has 0 radical (unpaired) electrons. The number of phenolic OH excluding ortho intramolecular Hbond substituents is 1. The number of halogens is 1. The molecule has 224 valence electrons. The molecular formula is C34H25ClN4O2S4. The first-order valence-corrected chi connectivity index (χ1v) is 18.1. The molecular weight excluding hydrogens is 660 g/mol. The Morgan fingerprint density at radius 1 is 0.644 bits per heavy atom. The van der Waals surface area contributed by atoms with Crippen LogP contribution in [0.4, 0.5) is 0 Å². The smallest absolute Gasteiger partial charge is 0.150 e. The second-order valence-electron chi connectivity index (χ2n) is 9.39. The number of pyridine rings is 2. The van der Waals surface area contributed by atoms with Gasteiger partial charge in [-0.15, -0.1) is 22.7 Å². The van der Waals surface area contributed by atoms with Crippen molar-refractivity contribution < 1.29 is 9.84 Å². The molecule has 0 aliphatic rings. The zero-order chi connectivity index (χ0) is 31.2. The number of hydrogen-bond acceptors (Lipinski definition) is 10. The molecule has 45 heavy (non-hydrogen) atoms. The van der Waals surface area contributed by atoms with Crippen LogP contribution in [0.15, 0.2) is 118 Å². The third kappa shape index (κ3) is 7.49. The van der Waals surface area contributed by atoms with E-state index < -0.39 is 0 Å². The number of hydrogen-bond donors (Lipinski definition) is 1. The second-order valence-corrected chi connectivity index (χ2v) is 14.0. The normalized spacial score (nSPS) is 10.8. The first kappa shape index (κ1) is 31.1. The van der Waals surface area contributed by atoms with E-state index in [1.165, 1.54) is 0 Å². The third-order valence-corrected chi connectivity index (χ3v) is 10.8. The van der Waals surface area contributed by atoms with Crippen molar-refractivity contribution in [2.45, 2.75) is 8.68 Å². The summed E-state index contributed by atoms with van der Waals surface area (Å²) in [7, 11) is 0. The first-order valence-electron chi connectivity index (χ1n) is 13.6. The van der Waals surface area contributed by atoms with E-state index in [1.54, 1.807) is 76.8 Å². The number of aromatic hydroxyl groups is 1. The zero-order valence-corrected chi connectivity index (χ0v) is 28.1. The van der Waals surface area contributed by atoms with Gasteiger partial charge in [0.25, 0.3) is 0 Å². The largest absolute Gasteiger partial charge is 0.508 e. The molecule has 4 aromatic heterocycles. The average Bonchev–Trinajstić information content (AvgIpc) is 3.69. The molecule has 0 aliphatic heterocycles. The van der Waals surface area contributed by atoms with Crippen LogP contribution < -0.4 is 4.74 Å². The van der Waals surface area contributed by atoms with Gasteiger partial charge in [0, 0.05) is 29.2 Å². The quantitative estimate of drug-likeness (QED) is 0.183. The molecule has 8 aromatic rings. The minimum absolute atomic E-state index is 0.304. The Morgan fingerprint density at radius 2 is 1.22 bits per heavy atom. The van der Waals surface area contributed by atoms with Crippen LogP contribution in [0.2, 0.25) is 5.02 Å². The van der Waals surface area contributed by atoms with Crippen LogP contribution in [0.3, 0.4) is 0 Å². The molecule has 0 bridgehead atoms. The van der Waals surface area contributed by atoms with Gasteiger partial charge in [-0.1, -0.05) is 65.5 Å². The van der Waals surface area contributed by atoms with Crippen molar-refractivity contribution in [3.05, 3.63) is 114 Å². The highest BCUT2D eigenvalue weighted by Gasteiger charge is 2.08. The topological polar surface area (TPSA) is 81.0 Å². The number of phenols is 1. The first-order chi connectivity index (χ1) is 22.0. The van der Waals surface area contributed by atoms with Gasteiger partial charge in [0.2, 0.25) is 0 Å². The van der Waals surface area contributed by atoms with Crippen molar-refractivity contribution in [1.82, 2.24) is 19.9 Å². The van der Waals surface area contributed by atoms with Crippen molar-refractivity contribution in [1.29, 1.82) is 0 Å². The highest BCUT2D eigenvalue weighted by molar-refractivity contribution is 8.00. The van der Waals surface area contributed by atoms with E-state index >= 15 is 0 Å². The van der Waals surface area contributed by atoms with Gasteiger partial charge in [-0.2, -0.15) is 0 Å². The lowest BCUT2D eigenvalue weighted by Gasteiger charge is -2.08. The number of thiazole rings is 2. The van der Waals surface area contributed by atoms with E-state index in [2.05, 4.69) is 19.9 Å². The minimum atomic E-state index is 0.304. The summed E-state index contributed by atoms with van der Waals surface area (Å²) in [5.74, 6) is 1.94. The van der Waals surface area contributed by atoms with Crippen LogP contribution in [-0.2, 0) is 0 Å². The maximum atomic E-state index is 9.18. The molecule has 8 rings (SSSR count). The van der Waals surface area contributed by atoms with Gasteiger partial charge in [0.05, 0.1) is 36.5 Å². The van der Waals surface area contributed by atoms with Crippen LogP contribution in [0.1, 0.15) is 0 Å². The van der Waals surface area contributed by atoms with Gasteiger partial charge in [-0.05, 0) is 73.2 Å². The maximum Gasteiger partial charge on any atom is 0.150 e. The highest BCUT2D eigenvalue weighted by Crippen LogP contribution is 2.34. The molecule has 0 fully saturated rings. The lowest BCUT2D eigenvalue weighted by Crippen LogP contribution is -1.87. The molecule has 0 saturated heterocycles. The predicted molar refractivity (Wildman–Crippen MR) is 193 cm³/mol. The third-order valence-electron chi connectivity index (χ3n) is 6.47. The number of para-hydroxylation sites is 2. The van der Waals surface area contributed by atoms with Crippen molar-refractivity contribution in [2.75, 3.05) is 12.5 Å². The summed E-state index contributed by atoms with van der Waals surface area (Å²) < 4.78 is 10.4. The Labute approximate surface area is 281 Å². The molecule has 0 atom stereocenters. The second kappa shape index (κ2) is 14.4. The predicted octanol–water partition coefficient (Wildman–Crippen LogP) is 11.0. The number of benzene rings is 4. The molecule has 1 N–H and O–H groups in total. The van der Waals surface area contributed by atoms with Crippen LogP contribution in [0, 0.1) is 0 Å². The van der Waals surface area contributed by atoms with E-state index in [9.17, 15) is 5.11 Å². The maximum absolute atomic E-state index is 9.18. The van der Waals surface area contributed by atoms with Gasteiger partial charge in [0.1, 0.15) is 17.2 Å².